The Hall–Kier alpha value is -3.18. The molecule has 184 valence electrons. The van der Waals surface area contributed by atoms with Crippen molar-refractivity contribution in [3.8, 4) is 11.5 Å². The van der Waals surface area contributed by atoms with Crippen LogP contribution >= 0.6 is 0 Å². The van der Waals surface area contributed by atoms with Crippen molar-refractivity contribution in [3.63, 3.8) is 0 Å². The van der Waals surface area contributed by atoms with Crippen LogP contribution in [0.15, 0.2) is 83.3 Å². The number of likely N-dealkylation sites (tertiary alicyclic amines) is 1. The first kappa shape index (κ1) is 23.6. The molecule has 0 bridgehead atoms. The maximum absolute atomic E-state index is 10.2. The molecular formula is C30H36N2O3. The predicted molar refractivity (Wildman–Crippen MR) is 139 cm³/mol. The van der Waals surface area contributed by atoms with Crippen molar-refractivity contribution in [2.45, 2.75) is 51.6 Å². The maximum atomic E-state index is 10.2. The Kier molecular flexibility index (Phi) is 7.14. The quantitative estimate of drug-likeness (QED) is 0.499. The topological polar surface area (TPSA) is 56.2 Å². The molecule has 5 rings (SSSR count). The molecule has 0 spiro atoms. The van der Waals surface area contributed by atoms with E-state index in [1.165, 1.54) is 55.5 Å². The van der Waals surface area contributed by atoms with Gasteiger partial charge in [0.2, 0.25) is 0 Å². The molecule has 1 unspecified atom stereocenters. The monoisotopic (exact) mass is 472 g/mol. The fraction of sp³-hybridized carbons (Fsp3) is 0.400. The van der Waals surface area contributed by atoms with Crippen molar-refractivity contribution in [2.75, 3.05) is 26.2 Å². The van der Waals surface area contributed by atoms with Gasteiger partial charge in [-0.1, -0.05) is 37.1 Å². The van der Waals surface area contributed by atoms with Crippen LogP contribution in [-0.4, -0.2) is 46.3 Å². The molecule has 0 radical (unpaired) electrons. The Morgan fingerprint density at radius 1 is 0.886 bits per heavy atom. The molecule has 2 aliphatic heterocycles. The highest BCUT2D eigenvalue weighted by Crippen LogP contribution is 2.47. The summed E-state index contributed by atoms with van der Waals surface area (Å²) < 4.78 is 6.06. The zero-order chi connectivity index (χ0) is 24.2. The summed E-state index contributed by atoms with van der Waals surface area (Å²) in [7, 11) is 0. The van der Waals surface area contributed by atoms with Gasteiger partial charge in [-0.3, -0.25) is 4.90 Å². The fourth-order valence-electron chi connectivity index (χ4n) is 5.56. The number of ether oxygens (including phenoxy) is 1. The number of aliphatic hydroxyl groups excluding tert-OH is 1. The van der Waals surface area contributed by atoms with Gasteiger partial charge in [-0.25, -0.2) is 0 Å². The molecule has 2 heterocycles. The van der Waals surface area contributed by atoms with Gasteiger partial charge in [-0.05, 0) is 91.5 Å². The van der Waals surface area contributed by atoms with E-state index < -0.39 is 0 Å². The molecule has 1 atom stereocenters. The Morgan fingerprint density at radius 3 is 2.31 bits per heavy atom. The molecule has 1 aliphatic carbocycles. The number of aliphatic hydroxyl groups is 1. The van der Waals surface area contributed by atoms with Crippen LogP contribution < -0.4 is 4.74 Å². The summed E-state index contributed by atoms with van der Waals surface area (Å²) in [4.78, 5) is 4.92. The second kappa shape index (κ2) is 10.6. The first-order chi connectivity index (χ1) is 17.1. The molecule has 35 heavy (non-hydrogen) atoms. The number of nitrogens with zero attached hydrogens (tertiary/aromatic N) is 2. The number of hydrogen-bond acceptors (Lipinski definition) is 5. The van der Waals surface area contributed by atoms with Gasteiger partial charge in [-0.2, -0.15) is 0 Å². The molecule has 1 fully saturated rings. The van der Waals surface area contributed by atoms with E-state index in [1.807, 2.05) is 18.2 Å². The van der Waals surface area contributed by atoms with Gasteiger partial charge in [-0.15, -0.1) is 0 Å². The van der Waals surface area contributed by atoms with Gasteiger partial charge >= 0.3 is 0 Å². The highest BCUT2D eigenvalue weighted by molar-refractivity contribution is 5.52. The first-order valence-electron chi connectivity index (χ1n) is 12.9. The van der Waals surface area contributed by atoms with Gasteiger partial charge in [0, 0.05) is 25.2 Å². The Bertz CT molecular complexity index is 1110. The summed E-state index contributed by atoms with van der Waals surface area (Å²) in [5.74, 6) is 1.59. The number of phenolic OH excluding ortho intramolecular Hbond substituents is 1. The van der Waals surface area contributed by atoms with E-state index in [1.54, 1.807) is 18.2 Å². The molecular weight excluding hydrogens is 436 g/mol. The Labute approximate surface area is 208 Å². The van der Waals surface area contributed by atoms with Gasteiger partial charge < -0.3 is 19.8 Å². The number of fused-ring (bicyclic) bond motifs is 1. The summed E-state index contributed by atoms with van der Waals surface area (Å²) in [5, 5.41) is 19.9. The highest BCUT2D eigenvalue weighted by atomic mass is 16.5. The second-order valence-corrected chi connectivity index (χ2v) is 9.92. The van der Waals surface area contributed by atoms with Gasteiger partial charge in [0.05, 0.1) is 11.8 Å². The third-order valence-corrected chi connectivity index (χ3v) is 7.47. The summed E-state index contributed by atoms with van der Waals surface area (Å²) in [6, 6.07) is 16.0. The van der Waals surface area contributed by atoms with Crippen LogP contribution in [0.3, 0.4) is 0 Å². The van der Waals surface area contributed by atoms with Crippen LogP contribution in [0.1, 0.15) is 56.2 Å². The van der Waals surface area contributed by atoms with E-state index in [-0.39, 0.29) is 11.8 Å². The average molecular weight is 473 g/mol. The summed E-state index contributed by atoms with van der Waals surface area (Å²) in [6.45, 7) is 7.01. The number of phenols is 1. The zero-order valence-electron chi connectivity index (χ0n) is 20.6. The second-order valence-electron chi connectivity index (χ2n) is 9.92. The van der Waals surface area contributed by atoms with Crippen molar-refractivity contribution in [2.24, 2.45) is 0 Å². The van der Waals surface area contributed by atoms with E-state index in [0.717, 1.165) is 36.7 Å². The third-order valence-electron chi connectivity index (χ3n) is 7.47. The van der Waals surface area contributed by atoms with Crippen molar-refractivity contribution in [1.82, 2.24) is 9.80 Å². The summed E-state index contributed by atoms with van der Waals surface area (Å²) in [5.41, 5.74) is 5.95. The van der Waals surface area contributed by atoms with Crippen LogP contribution in [0, 0.1) is 0 Å². The minimum Gasteiger partial charge on any atom is -0.512 e. The van der Waals surface area contributed by atoms with Gasteiger partial charge in [0.15, 0.2) is 0 Å². The van der Waals surface area contributed by atoms with Crippen LogP contribution in [0.4, 0.5) is 0 Å². The summed E-state index contributed by atoms with van der Waals surface area (Å²) >= 11 is 0. The molecule has 0 amide bonds. The van der Waals surface area contributed by atoms with Gasteiger partial charge in [0.25, 0.3) is 0 Å². The van der Waals surface area contributed by atoms with Crippen LogP contribution in [0.25, 0.3) is 0 Å². The number of hydrogen-bond donors (Lipinski definition) is 2. The molecule has 5 heteroatoms. The normalized spacial score (nSPS) is 20.8. The lowest BCUT2D eigenvalue weighted by molar-refractivity contribution is 0.214. The zero-order valence-corrected chi connectivity index (χ0v) is 20.6. The number of aromatic hydroxyl groups is 1. The van der Waals surface area contributed by atoms with Crippen LogP contribution in [-0.2, 0) is 6.54 Å². The Balaban J connectivity index is 1.28. The maximum Gasteiger partial charge on any atom is 0.119 e. The SMILES string of the molecule is CC1=C2CC(O)=CC=C2N(Cc2ccc(OCCN3CCCCCC3)cc2)C1c1ccc(O)cc1. The molecule has 2 N–H and O–H groups in total. The lowest BCUT2D eigenvalue weighted by Gasteiger charge is -2.31. The smallest absolute Gasteiger partial charge is 0.119 e. The minimum absolute atomic E-state index is 0.0701. The van der Waals surface area contributed by atoms with E-state index in [9.17, 15) is 10.2 Å². The number of allylic oxidation sites excluding steroid dienone is 4. The molecule has 3 aliphatic rings. The van der Waals surface area contributed by atoms with Gasteiger partial charge in [0.1, 0.15) is 18.1 Å². The standard InChI is InChI=1S/C30H36N2O3/c1-22-28-20-26(34)12-15-29(28)32(30(22)24-8-10-25(33)11-9-24)21-23-6-13-27(14-7-23)35-19-18-31-16-4-2-3-5-17-31/h6-15,30,33-34H,2-5,16-21H2,1H3. The van der Waals surface area contributed by atoms with E-state index in [4.69, 9.17) is 4.74 Å². The minimum atomic E-state index is 0.0701. The van der Waals surface area contributed by atoms with Crippen molar-refractivity contribution in [3.05, 3.63) is 94.4 Å². The summed E-state index contributed by atoms with van der Waals surface area (Å²) in [6.07, 6.45) is 9.71. The van der Waals surface area contributed by atoms with E-state index in [2.05, 4.69) is 41.0 Å². The molecule has 1 saturated heterocycles. The molecule has 0 saturated carbocycles. The lowest BCUT2D eigenvalue weighted by Crippen LogP contribution is -2.29. The van der Waals surface area contributed by atoms with Crippen molar-refractivity contribution >= 4 is 0 Å². The first-order valence-corrected chi connectivity index (χ1v) is 12.9. The van der Waals surface area contributed by atoms with Crippen LogP contribution in [0.5, 0.6) is 11.5 Å². The molecule has 2 aromatic carbocycles. The van der Waals surface area contributed by atoms with E-state index in [0.29, 0.717) is 12.2 Å². The molecule has 0 aromatic heterocycles. The third kappa shape index (κ3) is 5.40. The lowest BCUT2D eigenvalue weighted by atomic mass is 9.96. The fourth-order valence-corrected chi connectivity index (χ4v) is 5.56. The van der Waals surface area contributed by atoms with Crippen LogP contribution in [0.2, 0.25) is 0 Å². The van der Waals surface area contributed by atoms with E-state index >= 15 is 0 Å². The molecule has 5 nitrogen and oxygen atoms in total. The number of rotatable bonds is 7. The van der Waals surface area contributed by atoms with Crippen molar-refractivity contribution in [1.29, 1.82) is 0 Å². The Morgan fingerprint density at radius 2 is 1.60 bits per heavy atom. The largest absolute Gasteiger partial charge is 0.512 e. The molecule has 2 aromatic rings. The van der Waals surface area contributed by atoms with Crippen molar-refractivity contribution < 1.29 is 14.9 Å². The average Bonchev–Trinajstić information content (AvgIpc) is 3.01. The predicted octanol–water partition coefficient (Wildman–Crippen LogP) is 6.25. The highest BCUT2D eigenvalue weighted by Gasteiger charge is 2.36. The number of benzene rings is 2.